The molecule has 0 aromatic heterocycles. The van der Waals surface area contributed by atoms with E-state index < -0.39 is 10.0 Å². The Labute approximate surface area is 99.5 Å². The normalized spacial score (nSPS) is 12.2. The van der Waals surface area contributed by atoms with Crippen molar-refractivity contribution in [3.63, 3.8) is 0 Å². The quantitative estimate of drug-likeness (QED) is 0.578. The largest absolute Gasteiger partial charge is 0.395 e. The van der Waals surface area contributed by atoms with Gasteiger partial charge in [0, 0.05) is 6.54 Å². The molecule has 0 aliphatic heterocycles. The van der Waals surface area contributed by atoms with Gasteiger partial charge in [-0.05, 0) is 12.3 Å². The van der Waals surface area contributed by atoms with Gasteiger partial charge >= 0.3 is 0 Å². The van der Waals surface area contributed by atoms with Crippen molar-refractivity contribution in [2.24, 2.45) is 5.92 Å². The highest BCUT2D eigenvalue weighted by Gasteiger charge is 2.07. The summed E-state index contributed by atoms with van der Waals surface area (Å²) >= 11 is 0. The summed E-state index contributed by atoms with van der Waals surface area (Å²) in [5, 5.41) is 8.51. The van der Waals surface area contributed by atoms with Gasteiger partial charge in [-0.2, -0.15) is 0 Å². The molecule has 0 aromatic rings. The topological polar surface area (TPSA) is 66.4 Å². The maximum absolute atomic E-state index is 11.1. The first-order chi connectivity index (χ1) is 7.48. The van der Waals surface area contributed by atoms with Crippen molar-refractivity contribution in [3.8, 4) is 0 Å². The van der Waals surface area contributed by atoms with Crippen molar-refractivity contribution in [3.05, 3.63) is 0 Å². The molecule has 0 aromatic carbocycles. The van der Waals surface area contributed by atoms with Crippen LogP contribution in [0.2, 0.25) is 0 Å². The molecule has 0 radical (unpaired) electrons. The smallest absolute Gasteiger partial charge is 0.213 e. The summed E-state index contributed by atoms with van der Waals surface area (Å²) in [5.41, 5.74) is 0. The summed E-state index contributed by atoms with van der Waals surface area (Å²) in [4.78, 5) is 0. The zero-order chi connectivity index (χ0) is 12.4. The Bertz CT molecular complexity index is 250. The van der Waals surface area contributed by atoms with Gasteiger partial charge in [-0.25, -0.2) is 13.1 Å². The van der Waals surface area contributed by atoms with E-state index in [1.807, 2.05) is 0 Å². The van der Waals surface area contributed by atoms with Crippen LogP contribution in [0, 0.1) is 5.92 Å². The van der Waals surface area contributed by atoms with E-state index in [1.165, 1.54) is 19.3 Å². The molecule has 0 saturated heterocycles. The van der Waals surface area contributed by atoms with E-state index in [0.717, 1.165) is 18.8 Å². The van der Waals surface area contributed by atoms with E-state index in [0.29, 0.717) is 6.54 Å². The summed E-state index contributed by atoms with van der Waals surface area (Å²) in [6, 6.07) is 0. The monoisotopic (exact) mass is 251 g/mol. The maximum atomic E-state index is 11.1. The Hall–Kier alpha value is -0.130. The highest BCUT2D eigenvalue weighted by Crippen LogP contribution is 2.08. The number of aliphatic hydroxyl groups is 1. The number of aliphatic hydroxyl groups excluding tert-OH is 1. The van der Waals surface area contributed by atoms with Gasteiger partial charge < -0.3 is 5.11 Å². The van der Waals surface area contributed by atoms with E-state index >= 15 is 0 Å². The fraction of sp³-hybridized carbons (Fsp3) is 1.00. The highest BCUT2D eigenvalue weighted by atomic mass is 32.2. The molecule has 98 valence electrons. The Balaban J connectivity index is 3.33. The van der Waals surface area contributed by atoms with Crippen molar-refractivity contribution < 1.29 is 13.5 Å². The first-order valence-corrected chi connectivity index (χ1v) is 7.71. The summed E-state index contributed by atoms with van der Waals surface area (Å²) < 4.78 is 24.7. The number of unbranched alkanes of at least 4 members (excludes halogenated alkanes) is 3. The van der Waals surface area contributed by atoms with Crippen LogP contribution in [0.25, 0.3) is 0 Å². The Morgan fingerprint density at radius 3 is 2.31 bits per heavy atom. The average molecular weight is 251 g/mol. The number of rotatable bonds is 10. The minimum Gasteiger partial charge on any atom is -0.395 e. The van der Waals surface area contributed by atoms with E-state index in [9.17, 15) is 8.42 Å². The predicted octanol–water partition coefficient (Wildman–Crippen LogP) is 1.50. The second-order valence-electron chi connectivity index (χ2n) is 4.53. The molecule has 0 unspecified atom stereocenters. The van der Waals surface area contributed by atoms with Gasteiger partial charge in [0.1, 0.15) is 0 Å². The summed E-state index contributed by atoms with van der Waals surface area (Å²) in [5.74, 6) is 0.559. The molecule has 0 saturated carbocycles. The molecule has 0 fully saturated rings. The van der Waals surface area contributed by atoms with Gasteiger partial charge in [0.2, 0.25) is 10.0 Å². The van der Waals surface area contributed by atoms with Crippen LogP contribution in [-0.2, 0) is 10.0 Å². The van der Waals surface area contributed by atoms with Gasteiger partial charge in [-0.15, -0.1) is 0 Å². The standard InChI is InChI=1S/C11H25NO3S/c1-11(2)7-5-3-4-6-8-12-16(14,15)10-9-13/h11-13H,3-10H2,1-2H3. The zero-order valence-electron chi connectivity index (χ0n) is 10.4. The van der Waals surface area contributed by atoms with Crippen molar-refractivity contribution in [1.29, 1.82) is 0 Å². The third kappa shape index (κ3) is 10.4. The molecule has 5 heteroatoms. The fourth-order valence-corrected chi connectivity index (χ4v) is 2.29. The van der Waals surface area contributed by atoms with E-state index in [4.69, 9.17) is 5.11 Å². The summed E-state index contributed by atoms with van der Waals surface area (Å²) in [7, 11) is -3.24. The first kappa shape index (κ1) is 15.9. The minimum absolute atomic E-state index is 0.194. The molecular weight excluding hydrogens is 226 g/mol. The third-order valence-electron chi connectivity index (χ3n) is 2.39. The maximum Gasteiger partial charge on any atom is 0.213 e. The Kier molecular flexibility index (Phi) is 8.89. The van der Waals surface area contributed by atoms with Crippen LogP contribution >= 0.6 is 0 Å². The average Bonchev–Trinajstić information content (AvgIpc) is 2.15. The second-order valence-corrected chi connectivity index (χ2v) is 6.46. The molecule has 16 heavy (non-hydrogen) atoms. The van der Waals surface area contributed by atoms with Gasteiger partial charge in [0.25, 0.3) is 0 Å². The molecule has 0 aliphatic rings. The lowest BCUT2D eigenvalue weighted by Crippen LogP contribution is -2.28. The minimum atomic E-state index is -3.24. The number of nitrogens with one attached hydrogen (secondary N) is 1. The molecular formula is C11H25NO3S. The van der Waals surface area contributed by atoms with Crippen LogP contribution in [0.4, 0.5) is 0 Å². The van der Waals surface area contributed by atoms with Crippen molar-refractivity contribution >= 4 is 10.0 Å². The van der Waals surface area contributed by atoms with Crippen LogP contribution in [0.15, 0.2) is 0 Å². The molecule has 0 atom stereocenters. The molecule has 2 N–H and O–H groups in total. The van der Waals surface area contributed by atoms with Gasteiger partial charge in [0.05, 0.1) is 12.4 Å². The third-order valence-corrected chi connectivity index (χ3v) is 3.75. The molecule has 0 amide bonds. The molecule has 0 heterocycles. The zero-order valence-corrected chi connectivity index (χ0v) is 11.2. The second kappa shape index (κ2) is 8.96. The van der Waals surface area contributed by atoms with Crippen molar-refractivity contribution in [1.82, 2.24) is 4.72 Å². The first-order valence-electron chi connectivity index (χ1n) is 6.06. The van der Waals surface area contributed by atoms with E-state index in [1.54, 1.807) is 0 Å². The molecule has 0 aliphatic carbocycles. The van der Waals surface area contributed by atoms with Gasteiger partial charge in [0.15, 0.2) is 0 Å². The lowest BCUT2D eigenvalue weighted by Gasteiger charge is -2.06. The molecule has 0 spiro atoms. The molecule has 4 nitrogen and oxygen atoms in total. The SMILES string of the molecule is CC(C)CCCCCCNS(=O)(=O)CCO. The van der Waals surface area contributed by atoms with Gasteiger partial charge in [-0.3, -0.25) is 0 Å². The highest BCUT2D eigenvalue weighted by molar-refractivity contribution is 7.89. The van der Waals surface area contributed by atoms with Crippen LogP contribution in [0.1, 0.15) is 46.0 Å². The lowest BCUT2D eigenvalue weighted by atomic mass is 10.0. The number of hydrogen-bond acceptors (Lipinski definition) is 3. The van der Waals surface area contributed by atoms with Crippen LogP contribution in [0.5, 0.6) is 0 Å². The number of sulfonamides is 1. The summed E-state index contributed by atoms with van der Waals surface area (Å²) in [6.07, 6.45) is 5.58. The van der Waals surface area contributed by atoms with E-state index in [-0.39, 0.29) is 12.4 Å². The lowest BCUT2D eigenvalue weighted by molar-refractivity contribution is 0.319. The fourth-order valence-electron chi connectivity index (χ4n) is 1.45. The van der Waals surface area contributed by atoms with Gasteiger partial charge in [-0.1, -0.05) is 39.5 Å². The molecule has 0 rings (SSSR count). The van der Waals surface area contributed by atoms with Crippen LogP contribution in [0.3, 0.4) is 0 Å². The van der Waals surface area contributed by atoms with Crippen LogP contribution in [-0.4, -0.2) is 32.4 Å². The van der Waals surface area contributed by atoms with E-state index in [2.05, 4.69) is 18.6 Å². The Morgan fingerprint density at radius 2 is 1.75 bits per heavy atom. The van der Waals surface area contributed by atoms with Crippen molar-refractivity contribution in [2.45, 2.75) is 46.0 Å². The van der Waals surface area contributed by atoms with Crippen molar-refractivity contribution in [2.75, 3.05) is 18.9 Å². The Morgan fingerprint density at radius 1 is 1.12 bits per heavy atom. The van der Waals surface area contributed by atoms with Crippen LogP contribution < -0.4 is 4.72 Å². The summed E-state index contributed by atoms with van der Waals surface area (Å²) in [6.45, 7) is 4.60. The number of hydrogen-bond donors (Lipinski definition) is 2. The predicted molar refractivity (Wildman–Crippen MR) is 66.8 cm³/mol. The molecule has 0 bridgehead atoms.